The second-order valence-electron chi connectivity index (χ2n) is 6.71. The number of nitrogens with one attached hydrogen (secondary N) is 1. The zero-order valence-electron chi connectivity index (χ0n) is 14.5. The number of hydrogen-bond donors (Lipinski definition) is 1. The van der Waals surface area contributed by atoms with E-state index >= 15 is 0 Å². The first-order valence-electron chi connectivity index (χ1n) is 8.39. The maximum Gasteiger partial charge on any atom is 0.265 e. The van der Waals surface area contributed by atoms with Crippen LogP contribution in [0.4, 0.5) is 11.4 Å². The zero-order chi connectivity index (χ0) is 17.1. The van der Waals surface area contributed by atoms with Crippen molar-refractivity contribution in [2.75, 3.05) is 23.4 Å². The number of aryl methyl sites for hydroxylation is 1. The van der Waals surface area contributed by atoms with Gasteiger partial charge in [0.1, 0.15) is 5.75 Å². The smallest absolute Gasteiger partial charge is 0.265 e. The molecule has 24 heavy (non-hydrogen) atoms. The molecule has 0 bridgehead atoms. The number of carbonyl (C=O) groups is 1. The molecule has 0 aromatic heterocycles. The van der Waals surface area contributed by atoms with Gasteiger partial charge in [0.05, 0.1) is 5.69 Å². The lowest BCUT2D eigenvalue weighted by Gasteiger charge is -2.31. The van der Waals surface area contributed by atoms with Crippen LogP contribution in [-0.2, 0) is 11.3 Å². The molecule has 126 valence electrons. The van der Waals surface area contributed by atoms with E-state index in [1.165, 1.54) is 11.1 Å². The van der Waals surface area contributed by atoms with E-state index in [2.05, 4.69) is 50.4 Å². The van der Waals surface area contributed by atoms with Crippen molar-refractivity contribution in [3.8, 4) is 5.75 Å². The van der Waals surface area contributed by atoms with E-state index in [1.54, 1.807) is 0 Å². The second kappa shape index (κ2) is 6.95. The monoisotopic (exact) mass is 324 g/mol. The summed E-state index contributed by atoms with van der Waals surface area (Å²) < 4.78 is 5.62. The van der Waals surface area contributed by atoms with E-state index in [1.807, 2.05) is 23.1 Å². The van der Waals surface area contributed by atoms with Crippen molar-refractivity contribution < 1.29 is 9.53 Å². The van der Waals surface area contributed by atoms with Crippen molar-refractivity contribution in [3.05, 3.63) is 53.6 Å². The van der Waals surface area contributed by atoms with Crippen LogP contribution in [0.15, 0.2) is 42.5 Å². The van der Waals surface area contributed by atoms with Gasteiger partial charge in [0.2, 0.25) is 0 Å². The Morgan fingerprint density at radius 3 is 2.62 bits per heavy atom. The van der Waals surface area contributed by atoms with Gasteiger partial charge in [-0.3, -0.25) is 4.79 Å². The Labute approximate surface area is 143 Å². The van der Waals surface area contributed by atoms with Crippen LogP contribution in [0.2, 0.25) is 0 Å². The SMILES string of the molecule is Cc1ccc(CNc2ccc3c(c2)OCC(=O)N3CC(C)C)cc1. The first-order valence-corrected chi connectivity index (χ1v) is 8.39. The molecule has 0 saturated heterocycles. The lowest BCUT2D eigenvalue weighted by atomic mass is 10.1. The summed E-state index contributed by atoms with van der Waals surface area (Å²) in [6.45, 7) is 7.89. The highest BCUT2D eigenvalue weighted by atomic mass is 16.5. The molecule has 2 aromatic carbocycles. The summed E-state index contributed by atoms with van der Waals surface area (Å²) in [5.74, 6) is 1.21. The van der Waals surface area contributed by atoms with Gasteiger partial charge in [-0.2, -0.15) is 0 Å². The van der Waals surface area contributed by atoms with Crippen LogP contribution in [0.25, 0.3) is 0 Å². The first kappa shape index (κ1) is 16.4. The Hall–Kier alpha value is -2.49. The highest BCUT2D eigenvalue weighted by Crippen LogP contribution is 2.35. The van der Waals surface area contributed by atoms with E-state index in [4.69, 9.17) is 4.74 Å². The molecule has 0 radical (unpaired) electrons. The summed E-state index contributed by atoms with van der Waals surface area (Å²) in [5.41, 5.74) is 4.35. The summed E-state index contributed by atoms with van der Waals surface area (Å²) in [6, 6.07) is 14.4. The molecule has 0 aliphatic carbocycles. The lowest BCUT2D eigenvalue weighted by molar-refractivity contribution is -0.121. The van der Waals surface area contributed by atoms with Gasteiger partial charge in [0, 0.05) is 24.8 Å². The number of hydrogen-bond acceptors (Lipinski definition) is 3. The van der Waals surface area contributed by atoms with Gasteiger partial charge in [-0.05, 0) is 30.5 Å². The highest BCUT2D eigenvalue weighted by Gasteiger charge is 2.26. The van der Waals surface area contributed by atoms with E-state index in [9.17, 15) is 4.79 Å². The van der Waals surface area contributed by atoms with E-state index < -0.39 is 0 Å². The molecular formula is C20H24N2O2. The lowest BCUT2D eigenvalue weighted by Crippen LogP contribution is -2.40. The number of carbonyl (C=O) groups excluding carboxylic acids is 1. The summed E-state index contributed by atoms with van der Waals surface area (Å²) >= 11 is 0. The zero-order valence-corrected chi connectivity index (χ0v) is 14.5. The molecule has 1 aliphatic rings. The number of benzene rings is 2. The summed E-state index contributed by atoms with van der Waals surface area (Å²) in [5, 5.41) is 3.41. The van der Waals surface area contributed by atoms with Gasteiger partial charge in [-0.15, -0.1) is 0 Å². The quantitative estimate of drug-likeness (QED) is 0.904. The maximum absolute atomic E-state index is 12.1. The third kappa shape index (κ3) is 3.70. The molecule has 1 amide bonds. The molecule has 0 fully saturated rings. The largest absolute Gasteiger partial charge is 0.481 e. The van der Waals surface area contributed by atoms with Crippen LogP contribution >= 0.6 is 0 Å². The van der Waals surface area contributed by atoms with Gasteiger partial charge in [0.15, 0.2) is 6.61 Å². The third-order valence-corrected chi connectivity index (χ3v) is 4.07. The van der Waals surface area contributed by atoms with Crippen LogP contribution in [-0.4, -0.2) is 19.1 Å². The minimum atomic E-state index is 0.0246. The fourth-order valence-electron chi connectivity index (χ4n) is 2.79. The highest BCUT2D eigenvalue weighted by molar-refractivity contribution is 5.98. The fourth-order valence-corrected chi connectivity index (χ4v) is 2.79. The van der Waals surface area contributed by atoms with Crippen molar-refractivity contribution in [1.82, 2.24) is 0 Å². The normalized spacial score (nSPS) is 13.7. The number of fused-ring (bicyclic) bond motifs is 1. The number of rotatable bonds is 5. The number of nitrogens with zero attached hydrogens (tertiary/aromatic N) is 1. The molecule has 0 unspecified atom stereocenters. The van der Waals surface area contributed by atoms with Crippen molar-refractivity contribution in [1.29, 1.82) is 0 Å². The topological polar surface area (TPSA) is 41.6 Å². The third-order valence-electron chi connectivity index (χ3n) is 4.07. The Morgan fingerprint density at radius 2 is 1.92 bits per heavy atom. The molecule has 1 N–H and O–H groups in total. The Morgan fingerprint density at radius 1 is 1.17 bits per heavy atom. The Kier molecular flexibility index (Phi) is 4.74. The van der Waals surface area contributed by atoms with Gasteiger partial charge in [0.25, 0.3) is 5.91 Å². The van der Waals surface area contributed by atoms with Gasteiger partial charge >= 0.3 is 0 Å². The van der Waals surface area contributed by atoms with E-state index in [0.717, 1.165) is 23.7 Å². The molecule has 0 spiro atoms. The summed E-state index contributed by atoms with van der Waals surface area (Å²) in [4.78, 5) is 13.9. The average molecular weight is 324 g/mol. The van der Waals surface area contributed by atoms with Crippen LogP contribution in [0.5, 0.6) is 5.75 Å². The fraction of sp³-hybridized carbons (Fsp3) is 0.350. The molecule has 2 aromatic rings. The van der Waals surface area contributed by atoms with Crippen LogP contribution < -0.4 is 15.0 Å². The average Bonchev–Trinajstić information content (AvgIpc) is 2.56. The molecule has 1 heterocycles. The maximum atomic E-state index is 12.1. The molecule has 0 saturated carbocycles. The van der Waals surface area contributed by atoms with E-state index in [-0.39, 0.29) is 12.5 Å². The summed E-state index contributed by atoms with van der Waals surface area (Å²) in [6.07, 6.45) is 0. The minimum absolute atomic E-state index is 0.0246. The Balaban J connectivity index is 1.73. The van der Waals surface area contributed by atoms with Crippen LogP contribution in [0.1, 0.15) is 25.0 Å². The van der Waals surface area contributed by atoms with Crippen molar-refractivity contribution in [3.63, 3.8) is 0 Å². The number of anilines is 2. The summed E-state index contributed by atoms with van der Waals surface area (Å²) in [7, 11) is 0. The number of amides is 1. The predicted octanol–water partition coefficient (Wildman–Crippen LogP) is 3.99. The molecule has 1 aliphatic heterocycles. The van der Waals surface area contributed by atoms with Gasteiger partial charge in [-0.1, -0.05) is 43.7 Å². The molecule has 3 rings (SSSR count). The predicted molar refractivity (Wildman–Crippen MR) is 97.6 cm³/mol. The molecule has 4 nitrogen and oxygen atoms in total. The molecule has 0 atom stereocenters. The minimum Gasteiger partial charge on any atom is -0.481 e. The van der Waals surface area contributed by atoms with Gasteiger partial charge in [-0.25, -0.2) is 0 Å². The first-order chi connectivity index (χ1) is 11.5. The van der Waals surface area contributed by atoms with Crippen molar-refractivity contribution >= 4 is 17.3 Å². The standard InChI is InChI=1S/C20H24N2O2/c1-14(2)12-22-18-9-8-17(10-19(18)24-13-20(22)23)21-11-16-6-4-15(3)5-7-16/h4-10,14,21H,11-13H2,1-3H3. The van der Waals surface area contributed by atoms with Crippen LogP contribution in [0.3, 0.4) is 0 Å². The number of ether oxygens (including phenoxy) is 1. The van der Waals surface area contributed by atoms with Gasteiger partial charge < -0.3 is 15.0 Å². The molecular weight excluding hydrogens is 300 g/mol. The van der Waals surface area contributed by atoms with Crippen molar-refractivity contribution in [2.24, 2.45) is 5.92 Å². The molecule has 4 heteroatoms. The van der Waals surface area contributed by atoms with E-state index in [0.29, 0.717) is 12.5 Å². The van der Waals surface area contributed by atoms with Crippen LogP contribution in [0, 0.1) is 12.8 Å². The Bertz CT molecular complexity index is 723. The second-order valence-corrected chi connectivity index (χ2v) is 6.71. The van der Waals surface area contributed by atoms with Crippen molar-refractivity contribution in [2.45, 2.75) is 27.3 Å².